The fourth-order valence-electron chi connectivity index (χ4n) is 4.65. The van der Waals surface area contributed by atoms with Gasteiger partial charge < -0.3 is 9.80 Å². The van der Waals surface area contributed by atoms with E-state index < -0.39 is 0 Å². The first kappa shape index (κ1) is 21.5. The Morgan fingerprint density at radius 1 is 0.818 bits per heavy atom. The predicted octanol–water partition coefficient (Wildman–Crippen LogP) is 5.15. The van der Waals surface area contributed by atoms with Crippen LogP contribution in [0, 0.1) is 0 Å². The number of imide groups is 1. The van der Waals surface area contributed by atoms with Gasteiger partial charge in [-0.1, -0.05) is 36.4 Å². The molecule has 1 fully saturated rings. The summed E-state index contributed by atoms with van der Waals surface area (Å²) in [6, 6.07) is 21.7. The number of carbonyl (C=O) groups is 2. The van der Waals surface area contributed by atoms with Crippen molar-refractivity contribution in [2.75, 3.05) is 29.9 Å². The second-order valence-electron chi connectivity index (χ2n) is 8.55. The third-order valence-electron chi connectivity index (χ3n) is 6.30. The van der Waals surface area contributed by atoms with E-state index in [0.717, 1.165) is 29.2 Å². The van der Waals surface area contributed by atoms with Crippen molar-refractivity contribution < 1.29 is 9.59 Å². The highest BCUT2D eigenvalue weighted by atomic mass is 32.1. The third-order valence-corrected chi connectivity index (χ3v) is 7.19. The fraction of sp³-hybridized carbons (Fsp3) is 0.259. The molecule has 2 aromatic carbocycles. The smallest absolute Gasteiger partial charge is 0.282 e. The normalized spacial score (nSPS) is 16.6. The minimum Gasteiger partial charge on any atom is -0.372 e. The Labute approximate surface area is 198 Å². The number of thiophene rings is 1. The zero-order valence-corrected chi connectivity index (χ0v) is 19.6. The van der Waals surface area contributed by atoms with E-state index in [2.05, 4.69) is 4.90 Å². The lowest BCUT2D eigenvalue weighted by Gasteiger charge is -2.29. The topological polar surface area (TPSA) is 43.9 Å². The molecular formula is C27H27N3O2S. The molecule has 1 saturated heterocycles. The predicted molar refractivity (Wildman–Crippen MR) is 134 cm³/mol. The number of amides is 2. The molecule has 2 aliphatic heterocycles. The summed E-state index contributed by atoms with van der Waals surface area (Å²) in [7, 11) is 1.88. The molecule has 168 valence electrons. The Morgan fingerprint density at radius 3 is 2.18 bits per heavy atom. The molecule has 0 spiro atoms. The number of likely N-dealkylation sites (N-methyl/N-ethyl adjacent to an activating group) is 1. The van der Waals surface area contributed by atoms with Crippen molar-refractivity contribution in [1.82, 2.24) is 4.90 Å². The standard InChI is InChI=1S/C27H27N3O2S/c1-28(19-20-9-4-2-5-10-20)25-24(23-11-8-18-33-23)26(31)30(27(25)32)22-14-12-21(13-15-22)29-16-6-3-7-17-29/h2,4-5,8-15,18H,3,6-7,16-17,19H2,1H3. The van der Waals surface area contributed by atoms with Gasteiger partial charge >= 0.3 is 0 Å². The molecule has 2 amide bonds. The molecule has 3 aromatic rings. The molecule has 33 heavy (non-hydrogen) atoms. The van der Waals surface area contributed by atoms with Gasteiger partial charge in [-0.15, -0.1) is 11.3 Å². The molecule has 1 aromatic heterocycles. The molecule has 3 heterocycles. The number of carbonyl (C=O) groups excluding carboxylic acids is 2. The largest absolute Gasteiger partial charge is 0.372 e. The van der Waals surface area contributed by atoms with E-state index in [4.69, 9.17) is 0 Å². The van der Waals surface area contributed by atoms with E-state index in [1.54, 1.807) is 0 Å². The molecule has 0 bridgehead atoms. The van der Waals surface area contributed by atoms with Gasteiger partial charge in [-0.2, -0.15) is 0 Å². The van der Waals surface area contributed by atoms with Crippen LogP contribution in [-0.4, -0.2) is 36.9 Å². The number of hydrogen-bond donors (Lipinski definition) is 0. The Balaban J connectivity index is 1.46. The number of rotatable bonds is 6. The number of anilines is 2. The van der Waals surface area contributed by atoms with Crippen molar-refractivity contribution in [3.05, 3.63) is 88.2 Å². The zero-order valence-electron chi connectivity index (χ0n) is 18.7. The molecule has 0 atom stereocenters. The first-order valence-electron chi connectivity index (χ1n) is 11.4. The summed E-state index contributed by atoms with van der Waals surface area (Å²) in [6.07, 6.45) is 3.69. The van der Waals surface area contributed by atoms with E-state index in [-0.39, 0.29) is 11.8 Å². The third kappa shape index (κ3) is 4.18. The van der Waals surface area contributed by atoms with E-state index in [1.165, 1.54) is 35.5 Å². The van der Waals surface area contributed by atoms with Crippen LogP contribution in [0.1, 0.15) is 29.7 Å². The van der Waals surface area contributed by atoms with Crippen LogP contribution >= 0.6 is 11.3 Å². The van der Waals surface area contributed by atoms with Crippen LogP contribution in [0.5, 0.6) is 0 Å². The van der Waals surface area contributed by atoms with Crippen molar-refractivity contribution in [2.45, 2.75) is 25.8 Å². The molecule has 5 nitrogen and oxygen atoms in total. The highest BCUT2D eigenvalue weighted by Crippen LogP contribution is 2.37. The first-order valence-corrected chi connectivity index (χ1v) is 12.3. The molecule has 0 unspecified atom stereocenters. The van der Waals surface area contributed by atoms with Crippen LogP contribution in [0.2, 0.25) is 0 Å². The fourth-order valence-corrected chi connectivity index (χ4v) is 5.41. The molecule has 0 radical (unpaired) electrons. The highest BCUT2D eigenvalue weighted by molar-refractivity contribution is 7.11. The van der Waals surface area contributed by atoms with Crippen molar-refractivity contribution in [3.8, 4) is 0 Å². The van der Waals surface area contributed by atoms with Gasteiger partial charge in [0.1, 0.15) is 5.70 Å². The molecule has 0 aliphatic carbocycles. The van der Waals surface area contributed by atoms with Crippen molar-refractivity contribution in [1.29, 1.82) is 0 Å². The van der Waals surface area contributed by atoms with Crippen LogP contribution in [-0.2, 0) is 16.1 Å². The van der Waals surface area contributed by atoms with Crippen LogP contribution in [0.3, 0.4) is 0 Å². The minimum atomic E-state index is -0.271. The summed E-state index contributed by atoms with van der Waals surface area (Å²) >= 11 is 1.48. The van der Waals surface area contributed by atoms with Gasteiger partial charge in [-0.25, -0.2) is 4.90 Å². The Bertz CT molecular complexity index is 1160. The summed E-state index contributed by atoms with van der Waals surface area (Å²) in [5.41, 5.74) is 3.77. The van der Waals surface area contributed by atoms with Gasteiger partial charge in [0, 0.05) is 37.2 Å². The molecule has 0 saturated carbocycles. The number of hydrogen-bond acceptors (Lipinski definition) is 5. The lowest BCUT2D eigenvalue weighted by molar-refractivity contribution is -0.120. The Hall–Kier alpha value is -3.38. The average molecular weight is 458 g/mol. The lowest BCUT2D eigenvalue weighted by atomic mass is 10.1. The molecule has 2 aliphatic rings. The van der Waals surface area contributed by atoms with E-state index >= 15 is 0 Å². The zero-order chi connectivity index (χ0) is 22.8. The van der Waals surface area contributed by atoms with Crippen LogP contribution in [0.15, 0.2) is 77.8 Å². The van der Waals surface area contributed by atoms with Crippen molar-refractivity contribution >= 4 is 40.1 Å². The SMILES string of the molecule is CN(Cc1ccccc1)C1=C(c2cccs2)C(=O)N(c2ccc(N3CCCCC3)cc2)C1=O. The summed E-state index contributed by atoms with van der Waals surface area (Å²) in [6.45, 7) is 2.66. The first-order chi connectivity index (χ1) is 16.1. The maximum absolute atomic E-state index is 13.6. The van der Waals surface area contributed by atoms with Gasteiger partial charge in [0.25, 0.3) is 11.8 Å². The van der Waals surface area contributed by atoms with Crippen LogP contribution in [0.25, 0.3) is 5.57 Å². The van der Waals surface area contributed by atoms with Gasteiger partial charge in [-0.05, 0) is 60.5 Å². The van der Waals surface area contributed by atoms with Crippen LogP contribution in [0.4, 0.5) is 11.4 Å². The molecular weight excluding hydrogens is 430 g/mol. The minimum absolute atomic E-state index is 0.261. The number of benzene rings is 2. The average Bonchev–Trinajstić information content (AvgIpc) is 3.46. The highest BCUT2D eigenvalue weighted by Gasteiger charge is 2.42. The van der Waals surface area contributed by atoms with Crippen LogP contribution < -0.4 is 9.80 Å². The monoisotopic (exact) mass is 457 g/mol. The summed E-state index contributed by atoms with van der Waals surface area (Å²) in [4.78, 5) is 33.6. The maximum Gasteiger partial charge on any atom is 0.282 e. The van der Waals surface area contributed by atoms with E-state index in [0.29, 0.717) is 23.5 Å². The van der Waals surface area contributed by atoms with Gasteiger partial charge in [0.05, 0.1) is 11.3 Å². The number of nitrogens with zero attached hydrogens (tertiary/aromatic N) is 3. The lowest BCUT2D eigenvalue weighted by Crippen LogP contribution is -2.34. The Morgan fingerprint density at radius 2 is 1.52 bits per heavy atom. The van der Waals surface area contributed by atoms with Crippen molar-refractivity contribution in [2.24, 2.45) is 0 Å². The van der Waals surface area contributed by atoms with Crippen molar-refractivity contribution in [3.63, 3.8) is 0 Å². The molecule has 0 N–H and O–H groups in total. The van der Waals surface area contributed by atoms with E-state index in [9.17, 15) is 9.59 Å². The summed E-state index contributed by atoms with van der Waals surface area (Å²) in [5, 5.41) is 1.94. The van der Waals surface area contributed by atoms with Gasteiger partial charge in [-0.3, -0.25) is 9.59 Å². The van der Waals surface area contributed by atoms with Gasteiger partial charge in [0.15, 0.2) is 0 Å². The summed E-state index contributed by atoms with van der Waals surface area (Å²) < 4.78 is 0. The number of piperidine rings is 1. The second-order valence-corrected chi connectivity index (χ2v) is 9.50. The van der Waals surface area contributed by atoms with Gasteiger partial charge in [0.2, 0.25) is 0 Å². The van der Waals surface area contributed by atoms with E-state index in [1.807, 2.05) is 84.1 Å². The molecule has 6 heteroatoms. The second kappa shape index (κ2) is 9.24. The Kier molecular flexibility index (Phi) is 6.01. The maximum atomic E-state index is 13.6. The quantitative estimate of drug-likeness (QED) is 0.480. The molecule has 5 rings (SSSR count). The summed E-state index contributed by atoms with van der Waals surface area (Å²) in [5.74, 6) is -0.532.